The lowest BCUT2D eigenvalue weighted by Crippen LogP contribution is -2.29. The number of carbonyl (C=O) groups is 1. The van der Waals surface area contributed by atoms with Gasteiger partial charge in [-0.3, -0.25) is 0 Å². The predicted molar refractivity (Wildman–Crippen MR) is 63.3 cm³/mol. The van der Waals surface area contributed by atoms with E-state index >= 15 is 0 Å². The zero-order valence-electron chi connectivity index (χ0n) is 10.3. The first-order valence-corrected chi connectivity index (χ1v) is 5.25. The Bertz CT molecular complexity index is 468. The molecule has 0 fully saturated rings. The summed E-state index contributed by atoms with van der Waals surface area (Å²) in [4.78, 5) is 11.2. The number of carbonyl (C=O) groups excluding carboxylic acids is 1. The van der Waals surface area contributed by atoms with E-state index in [1.807, 2.05) is 0 Å². The lowest BCUT2D eigenvalue weighted by Gasteiger charge is -2.18. The van der Waals surface area contributed by atoms with Gasteiger partial charge in [-0.2, -0.15) is 5.10 Å². The third-order valence-electron chi connectivity index (χ3n) is 1.74. The van der Waals surface area contributed by atoms with Crippen molar-refractivity contribution in [3.63, 3.8) is 0 Å². The summed E-state index contributed by atoms with van der Waals surface area (Å²) in [5, 5.41) is 3.47. The molecule has 0 atom stereocenters. The Kier molecular flexibility index (Phi) is 4.36. The number of ether oxygens (including phenoxy) is 1. The average molecular weight is 256 g/mol. The normalized spacial score (nSPS) is 11.6. The van der Waals surface area contributed by atoms with Gasteiger partial charge in [0.15, 0.2) is 11.6 Å². The molecule has 1 aromatic carbocycles. The van der Waals surface area contributed by atoms with Gasteiger partial charge in [-0.05, 0) is 26.8 Å². The van der Waals surface area contributed by atoms with Gasteiger partial charge in [0.1, 0.15) is 5.60 Å². The van der Waals surface area contributed by atoms with Crippen molar-refractivity contribution in [3.05, 3.63) is 35.4 Å². The van der Waals surface area contributed by atoms with Crippen molar-refractivity contribution < 1.29 is 18.3 Å². The predicted octanol–water partition coefficient (Wildman–Crippen LogP) is 2.82. The third-order valence-corrected chi connectivity index (χ3v) is 1.74. The number of amides is 1. The molecule has 1 aromatic rings. The molecule has 98 valence electrons. The van der Waals surface area contributed by atoms with Crippen molar-refractivity contribution in [2.24, 2.45) is 5.10 Å². The summed E-state index contributed by atoms with van der Waals surface area (Å²) in [5.74, 6) is -2.00. The largest absolute Gasteiger partial charge is 0.443 e. The van der Waals surface area contributed by atoms with E-state index in [0.29, 0.717) is 0 Å². The highest BCUT2D eigenvalue weighted by atomic mass is 19.2. The number of nitrogens with zero attached hydrogens (tertiary/aromatic N) is 1. The van der Waals surface area contributed by atoms with E-state index in [2.05, 4.69) is 10.5 Å². The Balaban J connectivity index is 2.61. The van der Waals surface area contributed by atoms with Crippen molar-refractivity contribution in [1.29, 1.82) is 0 Å². The lowest BCUT2D eigenvalue weighted by molar-refractivity contribution is 0.0529. The number of benzene rings is 1. The minimum absolute atomic E-state index is 0.0638. The van der Waals surface area contributed by atoms with Gasteiger partial charge in [-0.15, -0.1) is 0 Å². The Hall–Kier alpha value is -1.98. The summed E-state index contributed by atoms with van der Waals surface area (Å²) in [6, 6.07) is 3.67. The quantitative estimate of drug-likeness (QED) is 0.653. The molecule has 0 bridgehead atoms. The van der Waals surface area contributed by atoms with Crippen LogP contribution in [0.15, 0.2) is 23.3 Å². The van der Waals surface area contributed by atoms with Gasteiger partial charge in [0.05, 0.1) is 6.21 Å². The minimum Gasteiger partial charge on any atom is -0.443 e. The summed E-state index contributed by atoms with van der Waals surface area (Å²) in [6.07, 6.45) is 0.234. The molecule has 0 saturated carbocycles. The van der Waals surface area contributed by atoms with Crippen molar-refractivity contribution >= 4 is 12.3 Å². The van der Waals surface area contributed by atoms with Crippen molar-refractivity contribution in [3.8, 4) is 0 Å². The Labute approximate surface area is 104 Å². The average Bonchev–Trinajstić information content (AvgIpc) is 2.21. The van der Waals surface area contributed by atoms with Crippen molar-refractivity contribution in [1.82, 2.24) is 5.43 Å². The molecule has 6 heteroatoms. The van der Waals surface area contributed by atoms with Crippen LogP contribution < -0.4 is 5.43 Å². The van der Waals surface area contributed by atoms with E-state index in [1.165, 1.54) is 12.1 Å². The van der Waals surface area contributed by atoms with Crippen LogP contribution in [0.25, 0.3) is 0 Å². The van der Waals surface area contributed by atoms with Crippen molar-refractivity contribution in [2.45, 2.75) is 26.4 Å². The highest BCUT2D eigenvalue weighted by Crippen LogP contribution is 2.09. The van der Waals surface area contributed by atoms with E-state index in [9.17, 15) is 13.6 Å². The minimum atomic E-state index is -1.02. The summed E-state index contributed by atoms with van der Waals surface area (Å²) in [7, 11) is 0. The monoisotopic (exact) mass is 256 g/mol. The summed E-state index contributed by atoms with van der Waals surface area (Å²) < 4.78 is 30.9. The molecule has 0 aliphatic carbocycles. The van der Waals surface area contributed by atoms with E-state index in [1.54, 1.807) is 20.8 Å². The van der Waals surface area contributed by atoms with Gasteiger partial charge >= 0.3 is 6.09 Å². The maximum absolute atomic E-state index is 13.2. The van der Waals surface area contributed by atoms with E-state index in [4.69, 9.17) is 4.74 Å². The molecule has 1 amide bonds. The van der Waals surface area contributed by atoms with Gasteiger partial charge in [-0.25, -0.2) is 19.0 Å². The molecule has 1 rings (SSSR count). The fraction of sp³-hybridized carbons (Fsp3) is 0.333. The number of halogens is 2. The maximum atomic E-state index is 13.2. The Morgan fingerprint density at radius 1 is 1.39 bits per heavy atom. The maximum Gasteiger partial charge on any atom is 0.428 e. The van der Waals surface area contributed by atoms with Crippen LogP contribution in [0.3, 0.4) is 0 Å². The number of hydrogen-bond acceptors (Lipinski definition) is 3. The standard InChI is InChI=1S/C12H14F2N2O2/c1-12(2,3)18-11(17)16-15-7-8-5-4-6-9(13)10(8)14/h4-7H,1-3H3,(H,16,17). The molecule has 0 aromatic heterocycles. The first-order chi connectivity index (χ1) is 8.29. The zero-order chi connectivity index (χ0) is 13.8. The molecule has 0 spiro atoms. The van der Waals surface area contributed by atoms with E-state index in [-0.39, 0.29) is 5.56 Å². The first kappa shape index (κ1) is 14.1. The Morgan fingerprint density at radius 3 is 2.67 bits per heavy atom. The zero-order valence-corrected chi connectivity index (χ0v) is 10.3. The fourth-order valence-electron chi connectivity index (χ4n) is 1.08. The number of rotatable bonds is 2. The highest BCUT2D eigenvalue weighted by Gasteiger charge is 2.15. The van der Waals surface area contributed by atoms with Crippen LogP contribution in [0.4, 0.5) is 13.6 Å². The van der Waals surface area contributed by atoms with E-state index in [0.717, 1.165) is 12.3 Å². The summed E-state index contributed by atoms with van der Waals surface area (Å²) in [6.45, 7) is 5.09. The molecule has 0 radical (unpaired) electrons. The topological polar surface area (TPSA) is 50.7 Å². The number of hydrogen-bond donors (Lipinski definition) is 1. The van der Waals surface area contributed by atoms with Crippen LogP contribution in [-0.2, 0) is 4.74 Å². The van der Waals surface area contributed by atoms with Crippen LogP contribution in [-0.4, -0.2) is 17.9 Å². The second-order valence-corrected chi connectivity index (χ2v) is 4.51. The number of nitrogens with one attached hydrogen (secondary N) is 1. The summed E-state index contributed by atoms with van der Waals surface area (Å²) >= 11 is 0. The molecule has 0 aliphatic heterocycles. The second-order valence-electron chi connectivity index (χ2n) is 4.51. The van der Waals surface area contributed by atoms with Gasteiger partial charge in [0.25, 0.3) is 0 Å². The first-order valence-electron chi connectivity index (χ1n) is 5.25. The number of hydrazone groups is 1. The highest BCUT2D eigenvalue weighted by molar-refractivity contribution is 5.81. The van der Waals surface area contributed by atoms with Gasteiger partial charge < -0.3 is 4.74 Å². The SMILES string of the molecule is CC(C)(C)OC(=O)NN=Cc1cccc(F)c1F. The molecule has 0 aliphatic rings. The van der Waals surface area contributed by atoms with E-state index < -0.39 is 23.3 Å². The van der Waals surface area contributed by atoms with Crippen LogP contribution in [0, 0.1) is 11.6 Å². The third kappa shape index (κ3) is 4.48. The van der Waals surface area contributed by atoms with Gasteiger partial charge in [-0.1, -0.05) is 12.1 Å². The molecule has 0 unspecified atom stereocenters. The Morgan fingerprint density at radius 2 is 2.06 bits per heavy atom. The molecule has 0 saturated heterocycles. The van der Waals surface area contributed by atoms with Crippen LogP contribution in [0.1, 0.15) is 26.3 Å². The molecule has 18 heavy (non-hydrogen) atoms. The van der Waals surface area contributed by atoms with Crippen LogP contribution >= 0.6 is 0 Å². The van der Waals surface area contributed by atoms with Crippen LogP contribution in [0.2, 0.25) is 0 Å². The van der Waals surface area contributed by atoms with Gasteiger partial charge in [0, 0.05) is 5.56 Å². The molecule has 0 heterocycles. The molecular formula is C12H14F2N2O2. The lowest BCUT2D eigenvalue weighted by atomic mass is 10.2. The van der Waals surface area contributed by atoms with Crippen molar-refractivity contribution in [2.75, 3.05) is 0 Å². The molecule has 4 nitrogen and oxygen atoms in total. The summed E-state index contributed by atoms with van der Waals surface area (Å²) in [5.41, 5.74) is 1.34. The molecular weight excluding hydrogens is 242 g/mol. The van der Waals surface area contributed by atoms with Gasteiger partial charge in [0.2, 0.25) is 0 Å². The van der Waals surface area contributed by atoms with Crippen LogP contribution in [0.5, 0.6) is 0 Å². The second kappa shape index (κ2) is 5.57. The smallest absolute Gasteiger partial charge is 0.428 e. The molecule has 1 N–H and O–H groups in total. The fourth-order valence-corrected chi connectivity index (χ4v) is 1.08.